The number of hydrogen-bond donors (Lipinski definition) is 1. The molecule has 17 heavy (non-hydrogen) atoms. The first-order valence-electron chi connectivity index (χ1n) is 5.69. The topological polar surface area (TPSA) is 46.2 Å². The van der Waals surface area contributed by atoms with Crippen molar-refractivity contribution >= 4 is 11.7 Å². The molecule has 0 heterocycles. The minimum absolute atomic E-state index is 0.00530. The smallest absolute Gasteiger partial charge is 0.225 e. The summed E-state index contributed by atoms with van der Waals surface area (Å²) < 4.78 is 0. The molecule has 0 fully saturated rings. The largest absolute Gasteiger partial charge is 0.359 e. The van der Waals surface area contributed by atoms with E-state index in [1.807, 2.05) is 32.0 Å². The molecule has 0 aliphatic heterocycles. The summed E-state index contributed by atoms with van der Waals surface area (Å²) in [4.78, 5) is 23.0. The zero-order valence-corrected chi connectivity index (χ0v) is 10.8. The summed E-state index contributed by atoms with van der Waals surface area (Å²) in [7, 11) is 1.63. The molecule has 3 heteroatoms. The predicted octanol–water partition coefficient (Wildman–Crippen LogP) is 2.20. The van der Waals surface area contributed by atoms with Crippen LogP contribution in [0.25, 0.3) is 0 Å². The van der Waals surface area contributed by atoms with Crippen LogP contribution in [0.2, 0.25) is 0 Å². The summed E-state index contributed by atoms with van der Waals surface area (Å²) in [5.41, 5.74) is 1.23. The van der Waals surface area contributed by atoms with E-state index in [2.05, 4.69) is 5.32 Å². The molecule has 1 N–H and O–H groups in total. The Morgan fingerprint density at radius 2 is 1.94 bits per heavy atom. The minimum atomic E-state index is -0.468. The highest BCUT2D eigenvalue weighted by molar-refractivity contribution is 5.94. The Labute approximate surface area is 102 Å². The van der Waals surface area contributed by atoms with Crippen molar-refractivity contribution in [1.82, 2.24) is 5.32 Å². The first-order valence-corrected chi connectivity index (χ1v) is 5.69. The molecule has 0 spiro atoms. The molecule has 0 radical (unpaired) electrons. The second-order valence-electron chi connectivity index (χ2n) is 4.90. The molecule has 0 saturated carbocycles. The number of hydrogen-bond acceptors (Lipinski definition) is 2. The maximum Gasteiger partial charge on any atom is 0.225 e. The number of ketones is 1. The lowest BCUT2D eigenvalue weighted by molar-refractivity contribution is -0.128. The lowest BCUT2D eigenvalue weighted by atomic mass is 9.84. The van der Waals surface area contributed by atoms with Gasteiger partial charge >= 0.3 is 0 Å². The molecule has 0 atom stereocenters. The van der Waals surface area contributed by atoms with Crippen LogP contribution in [-0.4, -0.2) is 18.7 Å². The third-order valence-electron chi connectivity index (χ3n) is 2.82. The van der Waals surface area contributed by atoms with E-state index in [9.17, 15) is 9.59 Å². The van der Waals surface area contributed by atoms with Crippen molar-refractivity contribution in [3.8, 4) is 0 Å². The van der Waals surface area contributed by atoms with Crippen LogP contribution in [0.15, 0.2) is 24.3 Å². The zero-order valence-electron chi connectivity index (χ0n) is 10.8. The molecule has 1 aromatic rings. The predicted molar refractivity (Wildman–Crippen MR) is 68.0 cm³/mol. The van der Waals surface area contributed by atoms with Gasteiger partial charge in [0.25, 0.3) is 0 Å². The highest BCUT2D eigenvalue weighted by Gasteiger charge is 2.26. The van der Waals surface area contributed by atoms with Crippen LogP contribution in [0.1, 0.15) is 36.7 Å². The molecule has 3 nitrogen and oxygen atoms in total. The minimum Gasteiger partial charge on any atom is -0.359 e. The molecule has 1 amide bonds. The first-order chi connectivity index (χ1) is 7.86. The van der Waals surface area contributed by atoms with Gasteiger partial charge in [0.05, 0.1) is 0 Å². The number of rotatable bonds is 4. The van der Waals surface area contributed by atoms with E-state index in [4.69, 9.17) is 0 Å². The van der Waals surface area contributed by atoms with Crippen molar-refractivity contribution in [2.24, 2.45) is 5.41 Å². The Kier molecular flexibility index (Phi) is 4.05. The maximum atomic E-state index is 11.7. The van der Waals surface area contributed by atoms with Crippen molar-refractivity contribution in [3.05, 3.63) is 35.4 Å². The average Bonchev–Trinajstić information content (AvgIpc) is 2.27. The zero-order chi connectivity index (χ0) is 13.1. The van der Waals surface area contributed by atoms with Gasteiger partial charge in [0, 0.05) is 18.0 Å². The quantitative estimate of drug-likeness (QED) is 0.810. The fourth-order valence-corrected chi connectivity index (χ4v) is 1.83. The molecule has 1 rings (SSSR count). The van der Waals surface area contributed by atoms with E-state index < -0.39 is 5.41 Å². The molecule has 1 aromatic carbocycles. The van der Waals surface area contributed by atoms with E-state index in [1.165, 1.54) is 0 Å². The van der Waals surface area contributed by atoms with Gasteiger partial charge in [-0.2, -0.15) is 0 Å². The van der Waals surface area contributed by atoms with Crippen molar-refractivity contribution in [1.29, 1.82) is 0 Å². The average molecular weight is 233 g/mol. The van der Waals surface area contributed by atoms with Gasteiger partial charge in [0.15, 0.2) is 5.78 Å². The molecular formula is C14H19NO2. The second kappa shape index (κ2) is 5.13. The highest BCUT2D eigenvalue weighted by atomic mass is 16.2. The fourth-order valence-electron chi connectivity index (χ4n) is 1.83. The number of benzene rings is 1. The summed E-state index contributed by atoms with van der Waals surface area (Å²) in [6, 6.07) is 7.44. The lowest BCUT2D eigenvalue weighted by Crippen LogP contribution is -2.36. The molecular weight excluding hydrogens is 214 g/mol. The van der Waals surface area contributed by atoms with E-state index in [-0.39, 0.29) is 11.7 Å². The van der Waals surface area contributed by atoms with Gasteiger partial charge in [0.2, 0.25) is 5.91 Å². The van der Waals surface area contributed by atoms with Crippen LogP contribution in [0.4, 0.5) is 0 Å². The van der Waals surface area contributed by atoms with Gasteiger partial charge in [-0.15, -0.1) is 0 Å². The van der Waals surface area contributed by atoms with Crippen molar-refractivity contribution in [3.63, 3.8) is 0 Å². The Hall–Kier alpha value is -1.64. The number of Topliss-reactive ketones (excluding diaryl/α,β-unsaturated/α-hetero) is 1. The van der Waals surface area contributed by atoms with Crippen molar-refractivity contribution in [2.75, 3.05) is 7.05 Å². The van der Waals surface area contributed by atoms with Crippen molar-refractivity contribution < 1.29 is 9.59 Å². The van der Waals surface area contributed by atoms with Crippen molar-refractivity contribution in [2.45, 2.75) is 27.2 Å². The van der Waals surface area contributed by atoms with Gasteiger partial charge in [0.1, 0.15) is 0 Å². The number of carbonyl (C=O) groups excluding carboxylic acids is 2. The Morgan fingerprint density at radius 3 is 2.47 bits per heavy atom. The Morgan fingerprint density at radius 1 is 1.29 bits per heavy atom. The molecule has 0 aromatic heterocycles. The third kappa shape index (κ3) is 3.41. The monoisotopic (exact) mass is 233 g/mol. The lowest BCUT2D eigenvalue weighted by Gasteiger charge is -2.22. The first kappa shape index (κ1) is 13.4. The summed E-state index contributed by atoms with van der Waals surface area (Å²) in [6.07, 6.45) is 0.619. The van der Waals surface area contributed by atoms with Gasteiger partial charge in [-0.25, -0.2) is 0 Å². The SMILES string of the molecule is CNC(=O)C(C)(C)Cc1cccc(C(C)=O)c1. The number of carbonyl (C=O) groups is 2. The van der Waals surface area contributed by atoms with E-state index in [0.717, 1.165) is 5.56 Å². The van der Waals surface area contributed by atoms with Crippen LogP contribution in [0, 0.1) is 5.41 Å². The standard InChI is InChI=1S/C14H19NO2/c1-10(16)12-7-5-6-11(8-12)9-14(2,3)13(17)15-4/h5-8H,9H2,1-4H3,(H,15,17). The van der Waals surface area contributed by atoms with E-state index >= 15 is 0 Å². The van der Waals surface area contributed by atoms with Crippen LogP contribution >= 0.6 is 0 Å². The van der Waals surface area contributed by atoms with Crippen LogP contribution < -0.4 is 5.32 Å². The summed E-state index contributed by atoms with van der Waals surface area (Å²) >= 11 is 0. The van der Waals surface area contributed by atoms with Crippen LogP contribution in [0.3, 0.4) is 0 Å². The third-order valence-corrected chi connectivity index (χ3v) is 2.82. The highest BCUT2D eigenvalue weighted by Crippen LogP contribution is 2.22. The summed E-state index contributed by atoms with van der Waals surface area (Å²) in [6.45, 7) is 5.33. The van der Waals surface area contributed by atoms with Gasteiger partial charge in [-0.1, -0.05) is 32.0 Å². The second-order valence-corrected chi connectivity index (χ2v) is 4.90. The molecule has 0 aliphatic carbocycles. The van der Waals surface area contributed by atoms with Gasteiger partial charge < -0.3 is 5.32 Å². The van der Waals surface area contributed by atoms with Gasteiger partial charge in [-0.3, -0.25) is 9.59 Å². The summed E-state index contributed by atoms with van der Waals surface area (Å²) in [5, 5.41) is 2.66. The maximum absolute atomic E-state index is 11.7. The summed E-state index contributed by atoms with van der Waals surface area (Å²) in [5.74, 6) is 0.0512. The van der Waals surface area contributed by atoms with Gasteiger partial charge in [-0.05, 0) is 25.0 Å². The number of nitrogens with one attached hydrogen (secondary N) is 1. The van der Waals surface area contributed by atoms with Crippen LogP contribution in [0.5, 0.6) is 0 Å². The van der Waals surface area contributed by atoms with E-state index in [1.54, 1.807) is 20.0 Å². The Bertz CT molecular complexity index is 436. The number of amides is 1. The van der Waals surface area contributed by atoms with Crippen LogP contribution in [-0.2, 0) is 11.2 Å². The fraction of sp³-hybridized carbons (Fsp3) is 0.429. The van der Waals surface area contributed by atoms with E-state index in [0.29, 0.717) is 12.0 Å². The molecule has 0 aliphatic rings. The molecule has 0 unspecified atom stereocenters. The Balaban J connectivity index is 2.92. The molecule has 0 saturated heterocycles. The molecule has 0 bridgehead atoms. The molecule has 92 valence electrons. The normalized spacial score (nSPS) is 11.1.